The number of nitrogens with zero attached hydrogens (tertiary/aromatic N) is 1. The molecule has 1 aromatic rings. The average molecular weight is 145 g/mol. The summed E-state index contributed by atoms with van der Waals surface area (Å²) in [7, 11) is 0. The minimum atomic E-state index is -0.0675. The van der Waals surface area contributed by atoms with Gasteiger partial charge in [-0.1, -0.05) is 12.0 Å². The third-order valence-corrected chi connectivity index (χ3v) is 1.26. The van der Waals surface area contributed by atoms with Gasteiger partial charge in [-0.15, -0.1) is 6.42 Å². The molecule has 54 valence electrons. The second-order valence-corrected chi connectivity index (χ2v) is 2.11. The fourth-order valence-electron chi connectivity index (χ4n) is 0.711. The first-order valence-corrected chi connectivity index (χ1v) is 3.18. The van der Waals surface area contributed by atoms with Gasteiger partial charge in [-0.3, -0.25) is 4.79 Å². The highest BCUT2D eigenvalue weighted by molar-refractivity contribution is 5.92. The molecular weight excluding hydrogens is 138 g/mol. The molecule has 0 aromatic carbocycles. The number of pyridine rings is 1. The van der Waals surface area contributed by atoms with Gasteiger partial charge >= 0.3 is 0 Å². The van der Waals surface area contributed by atoms with Gasteiger partial charge in [-0.2, -0.15) is 0 Å². The Bertz CT molecular complexity index is 323. The van der Waals surface area contributed by atoms with E-state index < -0.39 is 0 Å². The highest BCUT2D eigenvalue weighted by atomic mass is 16.1. The molecule has 2 heteroatoms. The molecule has 0 N–H and O–H groups in total. The lowest BCUT2D eigenvalue weighted by Crippen LogP contribution is -1.97. The van der Waals surface area contributed by atoms with Gasteiger partial charge in [0.15, 0.2) is 5.78 Å². The van der Waals surface area contributed by atoms with E-state index in [9.17, 15) is 4.79 Å². The summed E-state index contributed by atoms with van der Waals surface area (Å²) in [6.45, 7) is 1.46. The van der Waals surface area contributed by atoms with Crippen molar-refractivity contribution < 1.29 is 4.79 Å². The van der Waals surface area contributed by atoms with Gasteiger partial charge in [0.2, 0.25) is 0 Å². The van der Waals surface area contributed by atoms with Gasteiger partial charge in [0.25, 0.3) is 0 Å². The van der Waals surface area contributed by atoms with Crippen LogP contribution >= 0.6 is 0 Å². The van der Waals surface area contributed by atoms with Crippen LogP contribution in [0.15, 0.2) is 18.2 Å². The number of hydrogen-bond acceptors (Lipinski definition) is 2. The maximum Gasteiger partial charge on any atom is 0.178 e. The molecule has 0 bridgehead atoms. The molecule has 0 fully saturated rings. The average Bonchev–Trinajstić information content (AvgIpc) is 2.05. The molecule has 0 amide bonds. The van der Waals surface area contributed by atoms with E-state index in [2.05, 4.69) is 10.9 Å². The van der Waals surface area contributed by atoms with E-state index in [4.69, 9.17) is 6.42 Å². The third-order valence-electron chi connectivity index (χ3n) is 1.26. The normalized spacial score (nSPS) is 8.73. The van der Waals surface area contributed by atoms with Crippen molar-refractivity contribution in [3.63, 3.8) is 0 Å². The van der Waals surface area contributed by atoms with Crippen molar-refractivity contribution in [1.29, 1.82) is 0 Å². The van der Waals surface area contributed by atoms with Crippen LogP contribution in [0.25, 0.3) is 0 Å². The lowest BCUT2D eigenvalue weighted by Gasteiger charge is -1.93. The van der Waals surface area contributed by atoms with Crippen LogP contribution in [-0.2, 0) is 0 Å². The molecular formula is C9H7NO. The summed E-state index contributed by atoms with van der Waals surface area (Å²) in [6, 6.07) is 5.05. The number of terminal acetylenes is 1. The Kier molecular flexibility index (Phi) is 2.03. The molecule has 0 aliphatic rings. The first-order chi connectivity index (χ1) is 5.24. The van der Waals surface area contributed by atoms with E-state index in [1.807, 2.05) is 0 Å². The van der Waals surface area contributed by atoms with Gasteiger partial charge in [0, 0.05) is 6.92 Å². The minimum absolute atomic E-state index is 0.0675. The van der Waals surface area contributed by atoms with Crippen LogP contribution in [0.2, 0.25) is 0 Å². The second-order valence-electron chi connectivity index (χ2n) is 2.11. The molecule has 0 atom stereocenters. The summed E-state index contributed by atoms with van der Waals surface area (Å²) in [4.78, 5) is 14.7. The van der Waals surface area contributed by atoms with Crippen LogP contribution in [0.4, 0.5) is 0 Å². The van der Waals surface area contributed by atoms with Crippen LogP contribution in [0.3, 0.4) is 0 Å². The predicted octanol–water partition coefficient (Wildman–Crippen LogP) is 1.27. The van der Waals surface area contributed by atoms with Gasteiger partial charge in [-0.05, 0) is 12.1 Å². The van der Waals surface area contributed by atoms with Crippen LogP contribution in [0, 0.1) is 12.3 Å². The first kappa shape index (κ1) is 7.49. The Labute approximate surface area is 65.3 Å². The molecule has 1 aromatic heterocycles. The molecule has 0 unspecified atom stereocenters. The van der Waals surface area contributed by atoms with Crippen LogP contribution < -0.4 is 0 Å². The molecule has 0 aliphatic heterocycles. The Balaban J connectivity index is 3.13. The number of rotatable bonds is 1. The van der Waals surface area contributed by atoms with Gasteiger partial charge in [-0.25, -0.2) is 4.98 Å². The topological polar surface area (TPSA) is 30.0 Å². The lowest BCUT2D eigenvalue weighted by molar-refractivity contribution is 0.101. The summed E-state index contributed by atoms with van der Waals surface area (Å²) in [5.74, 6) is 2.29. The summed E-state index contributed by atoms with van der Waals surface area (Å²) in [5.41, 5.74) is 0.915. The monoisotopic (exact) mass is 145 g/mol. The predicted molar refractivity (Wildman–Crippen MR) is 42.2 cm³/mol. The zero-order valence-electron chi connectivity index (χ0n) is 6.16. The smallest absolute Gasteiger partial charge is 0.178 e. The van der Waals surface area contributed by atoms with E-state index >= 15 is 0 Å². The van der Waals surface area contributed by atoms with Crippen molar-refractivity contribution in [1.82, 2.24) is 4.98 Å². The van der Waals surface area contributed by atoms with Crippen molar-refractivity contribution in [3.05, 3.63) is 29.6 Å². The van der Waals surface area contributed by atoms with Crippen molar-refractivity contribution >= 4 is 5.78 Å². The number of hydrogen-bond donors (Lipinski definition) is 0. The molecule has 0 radical (unpaired) electrons. The Morgan fingerprint density at radius 1 is 1.64 bits per heavy atom. The SMILES string of the molecule is C#Cc1cccc(C(C)=O)n1. The van der Waals surface area contributed by atoms with Gasteiger partial charge in [0.1, 0.15) is 11.4 Å². The molecule has 0 saturated heterocycles. The number of carbonyl (C=O) groups is 1. The van der Waals surface area contributed by atoms with E-state index in [1.165, 1.54) is 6.92 Å². The number of aromatic nitrogens is 1. The summed E-state index contributed by atoms with van der Waals surface area (Å²) >= 11 is 0. The van der Waals surface area contributed by atoms with E-state index in [1.54, 1.807) is 18.2 Å². The van der Waals surface area contributed by atoms with Crippen LogP contribution in [-0.4, -0.2) is 10.8 Å². The highest BCUT2D eigenvalue weighted by Crippen LogP contribution is 1.98. The first-order valence-electron chi connectivity index (χ1n) is 3.18. The molecule has 0 saturated carbocycles. The Morgan fingerprint density at radius 2 is 2.36 bits per heavy atom. The molecule has 2 nitrogen and oxygen atoms in total. The van der Waals surface area contributed by atoms with E-state index in [0.717, 1.165) is 0 Å². The lowest BCUT2D eigenvalue weighted by atomic mass is 10.2. The largest absolute Gasteiger partial charge is 0.293 e. The van der Waals surface area contributed by atoms with Crippen molar-refractivity contribution in [2.75, 3.05) is 0 Å². The Hall–Kier alpha value is -1.62. The van der Waals surface area contributed by atoms with Crippen LogP contribution in [0.5, 0.6) is 0 Å². The van der Waals surface area contributed by atoms with E-state index in [-0.39, 0.29) is 5.78 Å². The van der Waals surface area contributed by atoms with Gasteiger partial charge < -0.3 is 0 Å². The van der Waals surface area contributed by atoms with E-state index in [0.29, 0.717) is 11.4 Å². The van der Waals surface area contributed by atoms with Crippen molar-refractivity contribution in [3.8, 4) is 12.3 Å². The molecule has 0 spiro atoms. The van der Waals surface area contributed by atoms with Crippen LogP contribution in [0.1, 0.15) is 23.1 Å². The fourth-order valence-corrected chi connectivity index (χ4v) is 0.711. The third kappa shape index (κ3) is 1.65. The number of carbonyl (C=O) groups excluding carboxylic acids is 1. The van der Waals surface area contributed by atoms with Crippen molar-refractivity contribution in [2.45, 2.75) is 6.92 Å². The van der Waals surface area contributed by atoms with Gasteiger partial charge in [0.05, 0.1) is 0 Å². The summed E-state index contributed by atoms with van der Waals surface area (Å²) < 4.78 is 0. The maximum atomic E-state index is 10.8. The summed E-state index contributed by atoms with van der Waals surface area (Å²) in [6.07, 6.45) is 5.10. The minimum Gasteiger partial charge on any atom is -0.293 e. The Morgan fingerprint density at radius 3 is 2.91 bits per heavy atom. The quantitative estimate of drug-likeness (QED) is 0.440. The summed E-state index contributed by atoms with van der Waals surface area (Å²) in [5, 5.41) is 0. The zero-order valence-corrected chi connectivity index (χ0v) is 6.16. The molecule has 11 heavy (non-hydrogen) atoms. The van der Waals surface area contributed by atoms with Crippen molar-refractivity contribution in [2.24, 2.45) is 0 Å². The molecule has 1 heterocycles. The number of ketones is 1. The molecule has 1 rings (SSSR count). The zero-order chi connectivity index (χ0) is 8.27. The second kappa shape index (κ2) is 2.98. The maximum absolute atomic E-state index is 10.8. The number of Topliss-reactive ketones (excluding diaryl/α,β-unsaturated/α-hetero) is 1. The molecule has 0 aliphatic carbocycles. The standard InChI is InChI=1S/C9H7NO/c1-3-8-5-4-6-9(10-8)7(2)11/h1,4-6H,2H3. The fraction of sp³-hybridized carbons (Fsp3) is 0.111. The highest BCUT2D eigenvalue weighted by Gasteiger charge is 1.99.